The molecule has 0 saturated carbocycles. The zero-order valence-electron chi connectivity index (χ0n) is 13.4. The Kier molecular flexibility index (Phi) is 6.37. The molecule has 8 heteroatoms. The molecule has 1 fully saturated rings. The van der Waals surface area contributed by atoms with Gasteiger partial charge in [0.25, 0.3) is 5.56 Å². The molecule has 0 aliphatic carbocycles. The Labute approximate surface area is 154 Å². The van der Waals surface area contributed by atoms with Crippen LogP contribution in [0.4, 0.5) is 0 Å². The van der Waals surface area contributed by atoms with Crippen LogP contribution in [0.3, 0.4) is 0 Å². The van der Waals surface area contributed by atoms with Gasteiger partial charge in [-0.15, -0.1) is 12.4 Å². The maximum atomic E-state index is 12.5. The third-order valence-electron chi connectivity index (χ3n) is 4.17. The molecule has 0 radical (unpaired) electrons. The van der Waals surface area contributed by atoms with Gasteiger partial charge in [0.2, 0.25) is 5.91 Å². The first-order valence-corrected chi connectivity index (χ1v) is 8.50. The Morgan fingerprint density at radius 2 is 2.25 bits per heavy atom. The number of piperazine rings is 1. The lowest BCUT2D eigenvalue weighted by Crippen LogP contribution is -2.52. The number of halogens is 2. The number of carbonyl (C=O) groups excluding carboxylic acids is 1. The zero-order chi connectivity index (χ0) is 16.4. The summed E-state index contributed by atoms with van der Waals surface area (Å²) < 4.78 is 2.35. The van der Waals surface area contributed by atoms with Crippen molar-refractivity contribution in [3.8, 4) is 0 Å². The SMILES string of the molecule is CC1CNCCN1C(=O)CCn1cnc2ccc(Br)cc2c1=O.Cl. The Balaban J connectivity index is 0.00000208. The van der Waals surface area contributed by atoms with E-state index in [2.05, 4.69) is 26.2 Å². The minimum atomic E-state index is -0.113. The van der Waals surface area contributed by atoms with Crippen molar-refractivity contribution in [2.45, 2.75) is 25.9 Å². The van der Waals surface area contributed by atoms with Crippen molar-refractivity contribution in [1.82, 2.24) is 19.8 Å². The van der Waals surface area contributed by atoms with Crippen LogP contribution in [-0.2, 0) is 11.3 Å². The fourth-order valence-electron chi connectivity index (χ4n) is 2.86. The highest BCUT2D eigenvalue weighted by Gasteiger charge is 2.22. The Bertz CT molecular complexity index is 795. The summed E-state index contributed by atoms with van der Waals surface area (Å²) in [6.07, 6.45) is 1.83. The fourth-order valence-corrected chi connectivity index (χ4v) is 3.22. The largest absolute Gasteiger partial charge is 0.337 e. The van der Waals surface area contributed by atoms with Crippen LogP contribution in [0.25, 0.3) is 10.9 Å². The molecule has 0 bridgehead atoms. The average Bonchev–Trinajstić information content (AvgIpc) is 2.55. The molecule has 1 aliphatic heterocycles. The molecule has 1 amide bonds. The molecular weight excluding hydrogens is 396 g/mol. The van der Waals surface area contributed by atoms with Gasteiger partial charge in [-0.05, 0) is 25.1 Å². The quantitative estimate of drug-likeness (QED) is 0.830. The highest BCUT2D eigenvalue weighted by molar-refractivity contribution is 9.10. The summed E-state index contributed by atoms with van der Waals surface area (Å²) in [4.78, 5) is 31.0. The summed E-state index contributed by atoms with van der Waals surface area (Å²) >= 11 is 3.37. The van der Waals surface area contributed by atoms with Gasteiger partial charge in [-0.3, -0.25) is 14.2 Å². The van der Waals surface area contributed by atoms with Crippen LogP contribution >= 0.6 is 28.3 Å². The summed E-state index contributed by atoms with van der Waals surface area (Å²) in [5, 5.41) is 3.82. The molecular formula is C16H20BrClN4O2. The van der Waals surface area contributed by atoms with E-state index in [0.29, 0.717) is 23.9 Å². The predicted octanol–water partition coefficient (Wildman–Crippen LogP) is 1.79. The molecule has 6 nitrogen and oxygen atoms in total. The summed E-state index contributed by atoms with van der Waals surface area (Å²) in [6, 6.07) is 5.62. The van der Waals surface area contributed by atoms with Crippen LogP contribution in [0.15, 0.2) is 33.8 Å². The molecule has 1 unspecified atom stereocenters. The Morgan fingerprint density at radius 3 is 3.00 bits per heavy atom. The van der Waals surface area contributed by atoms with E-state index >= 15 is 0 Å². The van der Waals surface area contributed by atoms with Crippen LogP contribution in [-0.4, -0.2) is 46.0 Å². The summed E-state index contributed by atoms with van der Waals surface area (Å²) in [5.41, 5.74) is 0.550. The lowest BCUT2D eigenvalue weighted by atomic mass is 10.2. The number of rotatable bonds is 3. The topological polar surface area (TPSA) is 67.2 Å². The molecule has 130 valence electrons. The van der Waals surface area contributed by atoms with Gasteiger partial charge in [-0.2, -0.15) is 0 Å². The van der Waals surface area contributed by atoms with Crippen LogP contribution in [0, 0.1) is 0 Å². The second kappa shape index (κ2) is 8.09. The van der Waals surface area contributed by atoms with Crippen molar-refractivity contribution >= 4 is 45.1 Å². The van der Waals surface area contributed by atoms with E-state index in [1.807, 2.05) is 17.9 Å². The number of carbonyl (C=O) groups is 1. The van der Waals surface area contributed by atoms with Crippen molar-refractivity contribution in [2.24, 2.45) is 0 Å². The first-order valence-electron chi connectivity index (χ1n) is 7.71. The maximum absolute atomic E-state index is 12.5. The smallest absolute Gasteiger partial charge is 0.261 e. The highest BCUT2D eigenvalue weighted by Crippen LogP contribution is 2.15. The van der Waals surface area contributed by atoms with Gasteiger partial charge >= 0.3 is 0 Å². The van der Waals surface area contributed by atoms with Crippen LogP contribution in [0.1, 0.15) is 13.3 Å². The lowest BCUT2D eigenvalue weighted by Gasteiger charge is -2.34. The summed E-state index contributed by atoms with van der Waals surface area (Å²) in [5.74, 6) is 0.0836. The molecule has 3 rings (SSSR count). The molecule has 1 aromatic heterocycles. The molecule has 1 aliphatic rings. The van der Waals surface area contributed by atoms with Gasteiger partial charge in [0.15, 0.2) is 0 Å². The molecule has 1 N–H and O–H groups in total. The monoisotopic (exact) mass is 414 g/mol. The molecule has 2 aromatic rings. The number of hydrogen-bond donors (Lipinski definition) is 1. The van der Waals surface area contributed by atoms with Crippen molar-refractivity contribution in [1.29, 1.82) is 0 Å². The lowest BCUT2D eigenvalue weighted by molar-refractivity contribution is -0.134. The van der Waals surface area contributed by atoms with Crippen molar-refractivity contribution in [3.05, 3.63) is 39.4 Å². The minimum Gasteiger partial charge on any atom is -0.337 e. The van der Waals surface area contributed by atoms with Crippen molar-refractivity contribution < 1.29 is 4.79 Å². The standard InChI is InChI=1S/C16H19BrN4O2.ClH/c1-11-9-18-5-7-21(11)15(22)4-6-20-10-19-14-3-2-12(17)8-13(14)16(20)23;/h2-3,8,10-11,18H,4-7,9H2,1H3;1H. The number of nitrogens with one attached hydrogen (secondary N) is 1. The predicted molar refractivity (Wildman–Crippen MR) is 99.6 cm³/mol. The normalized spacial score (nSPS) is 17.6. The van der Waals surface area contributed by atoms with E-state index in [0.717, 1.165) is 24.1 Å². The Morgan fingerprint density at radius 1 is 1.46 bits per heavy atom. The van der Waals surface area contributed by atoms with Gasteiger partial charge in [0.05, 0.1) is 17.2 Å². The number of aromatic nitrogens is 2. The van der Waals surface area contributed by atoms with Gasteiger partial charge in [-0.1, -0.05) is 15.9 Å². The van der Waals surface area contributed by atoms with E-state index in [1.165, 1.54) is 10.9 Å². The van der Waals surface area contributed by atoms with Crippen molar-refractivity contribution in [2.75, 3.05) is 19.6 Å². The number of amides is 1. The first-order chi connectivity index (χ1) is 11.1. The van der Waals surface area contributed by atoms with Crippen molar-refractivity contribution in [3.63, 3.8) is 0 Å². The zero-order valence-corrected chi connectivity index (χ0v) is 15.8. The summed E-state index contributed by atoms with van der Waals surface area (Å²) in [6.45, 7) is 4.74. The maximum Gasteiger partial charge on any atom is 0.261 e. The number of nitrogens with zero attached hydrogens (tertiary/aromatic N) is 3. The number of fused-ring (bicyclic) bond motifs is 1. The van der Waals surface area contributed by atoms with Gasteiger partial charge in [0, 0.05) is 43.1 Å². The van der Waals surface area contributed by atoms with E-state index in [-0.39, 0.29) is 29.9 Å². The van der Waals surface area contributed by atoms with Gasteiger partial charge < -0.3 is 10.2 Å². The minimum absolute atomic E-state index is 0. The van der Waals surface area contributed by atoms with Crippen LogP contribution in [0.5, 0.6) is 0 Å². The number of aryl methyl sites for hydroxylation is 1. The second-order valence-electron chi connectivity index (χ2n) is 5.79. The average molecular weight is 416 g/mol. The molecule has 0 spiro atoms. The number of benzene rings is 1. The molecule has 1 atom stereocenters. The van der Waals surface area contributed by atoms with E-state index in [9.17, 15) is 9.59 Å². The second-order valence-corrected chi connectivity index (χ2v) is 6.71. The van der Waals surface area contributed by atoms with E-state index in [1.54, 1.807) is 12.1 Å². The van der Waals surface area contributed by atoms with E-state index < -0.39 is 0 Å². The third-order valence-corrected chi connectivity index (χ3v) is 4.67. The molecule has 1 saturated heterocycles. The fraction of sp³-hybridized carbons (Fsp3) is 0.438. The summed E-state index contributed by atoms with van der Waals surface area (Å²) in [7, 11) is 0. The third kappa shape index (κ3) is 3.96. The van der Waals surface area contributed by atoms with Gasteiger partial charge in [-0.25, -0.2) is 4.98 Å². The Hall–Kier alpha value is -1.44. The first kappa shape index (κ1) is 18.9. The number of hydrogen-bond acceptors (Lipinski definition) is 4. The highest BCUT2D eigenvalue weighted by atomic mass is 79.9. The van der Waals surface area contributed by atoms with Crippen LogP contribution in [0.2, 0.25) is 0 Å². The van der Waals surface area contributed by atoms with E-state index in [4.69, 9.17) is 0 Å². The van der Waals surface area contributed by atoms with Crippen LogP contribution < -0.4 is 10.9 Å². The van der Waals surface area contributed by atoms with Gasteiger partial charge in [0.1, 0.15) is 0 Å². The molecule has 2 heterocycles. The molecule has 24 heavy (non-hydrogen) atoms. The molecule has 1 aromatic carbocycles.